The van der Waals surface area contributed by atoms with Gasteiger partial charge in [0, 0.05) is 42.9 Å². The number of hydrogen-bond acceptors (Lipinski definition) is 4. The molecule has 0 unspecified atom stereocenters. The molecule has 6 nitrogen and oxygen atoms in total. The molecular formula is C20H25N5O. The summed E-state index contributed by atoms with van der Waals surface area (Å²) in [5.74, 6) is 0.680. The maximum absolute atomic E-state index is 12.3. The molecule has 0 bridgehead atoms. The van der Waals surface area contributed by atoms with Crippen LogP contribution in [-0.4, -0.2) is 54.5 Å². The van der Waals surface area contributed by atoms with Gasteiger partial charge in [0.1, 0.15) is 5.82 Å². The summed E-state index contributed by atoms with van der Waals surface area (Å²) >= 11 is 0. The minimum atomic E-state index is -0.0998. The van der Waals surface area contributed by atoms with Crippen LogP contribution in [0.3, 0.4) is 0 Å². The first-order chi connectivity index (χ1) is 12.6. The summed E-state index contributed by atoms with van der Waals surface area (Å²) in [6.45, 7) is 2.33. The van der Waals surface area contributed by atoms with E-state index in [1.165, 1.54) is 10.9 Å². The number of rotatable bonds is 8. The number of H-pyrrole nitrogens is 1. The van der Waals surface area contributed by atoms with Crippen molar-refractivity contribution in [2.75, 3.05) is 39.0 Å². The molecule has 0 spiro atoms. The van der Waals surface area contributed by atoms with Gasteiger partial charge in [0.2, 0.25) is 0 Å². The molecule has 1 aromatic carbocycles. The van der Waals surface area contributed by atoms with Gasteiger partial charge in [-0.15, -0.1) is 0 Å². The quantitative estimate of drug-likeness (QED) is 0.583. The Hall–Kier alpha value is -2.86. The Morgan fingerprint density at radius 3 is 2.77 bits per heavy atom. The van der Waals surface area contributed by atoms with E-state index in [1.807, 2.05) is 38.5 Å². The van der Waals surface area contributed by atoms with Crippen molar-refractivity contribution < 1.29 is 4.79 Å². The number of carbonyl (C=O) groups excluding carboxylic acids is 1. The van der Waals surface area contributed by atoms with Gasteiger partial charge in [-0.1, -0.05) is 18.2 Å². The molecule has 3 N–H and O–H groups in total. The fourth-order valence-corrected chi connectivity index (χ4v) is 2.79. The first-order valence-corrected chi connectivity index (χ1v) is 8.81. The second kappa shape index (κ2) is 8.49. The van der Waals surface area contributed by atoms with Gasteiger partial charge in [-0.2, -0.15) is 0 Å². The maximum atomic E-state index is 12.3. The molecule has 6 heteroatoms. The average Bonchev–Trinajstić information content (AvgIpc) is 3.05. The van der Waals surface area contributed by atoms with Crippen LogP contribution in [0.4, 0.5) is 5.82 Å². The van der Waals surface area contributed by atoms with E-state index in [0.717, 1.165) is 30.8 Å². The molecule has 0 aliphatic carbocycles. The smallest absolute Gasteiger partial charge is 0.252 e. The lowest BCUT2D eigenvalue weighted by atomic mass is 10.1. The fraction of sp³-hybridized carbons (Fsp3) is 0.300. The molecule has 3 rings (SSSR count). The summed E-state index contributed by atoms with van der Waals surface area (Å²) < 4.78 is 0. The lowest BCUT2D eigenvalue weighted by Crippen LogP contribution is -2.26. The first kappa shape index (κ1) is 17.9. The average molecular weight is 351 g/mol. The van der Waals surface area contributed by atoms with Crippen molar-refractivity contribution in [2.45, 2.75) is 6.42 Å². The first-order valence-electron chi connectivity index (χ1n) is 8.81. The SMILES string of the molecule is CN(C)CCNc1ccc(C(=O)NCCc2c[nH]c3ccccc23)cn1. The Bertz CT molecular complexity index is 854. The number of benzene rings is 1. The molecule has 0 aliphatic heterocycles. The summed E-state index contributed by atoms with van der Waals surface area (Å²) in [5, 5.41) is 7.40. The lowest BCUT2D eigenvalue weighted by molar-refractivity contribution is 0.0954. The van der Waals surface area contributed by atoms with Crippen molar-refractivity contribution in [3.05, 3.63) is 59.9 Å². The molecule has 0 atom stereocenters. The number of hydrogen-bond donors (Lipinski definition) is 3. The molecular weight excluding hydrogens is 326 g/mol. The standard InChI is InChI=1S/C20H25N5O/c1-25(2)12-11-21-19-8-7-16(14-24-19)20(26)22-10-9-15-13-23-18-6-4-3-5-17(15)18/h3-8,13-14,23H,9-12H2,1-2H3,(H,21,24)(H,22,26). The molecule has 26 heavy (non-hydrogen) atoms. The number of amides is 1. The highest BCUT2D eigenvalue weighted by atomic mass is 16.1. The third-order valence-electron chi connectivity index (χ3n) is 4.25. The van der Waals surface area contributed by atoms with Crippen molar-refractivity contribution >= 4 is 22.6 Å². The van der Waals surface area contributed by atoms with Crippen molar-refractivity contribution in [1.29, 1.82) is 0 Å². The van der Waals surface area contributed by atoms with Crippen LogP contribution in [0.2, 0.25) is 0 Å². The van der Waals surface area contributed by atoms with Crippen molar-refractivity contribution in [2.24, 2.45) is 0 Å². The topological polar surface area (TPSA) is 73.1 Å². The third kappa shape index (κ3) is 4.61. The highest BCUT2D eigenvalue weighted by Gasteiger charge is 2.07. The highest BCUT2D eigenvalue weighted by molar-refractivity contribution is 5.94. The van der Waals surface area contributed by atoms with Gasteiger partial charge in [-0.3, -0.25) is 4.79 Å². The zero-order valence-electron chi connectivity index (χ0n) is 15.2. The Morgan fingerprint density at radius 1 is 1.15 bits per heavy atom. The Kier molecular flexibility index (Phi) is 5.86. The molecule has 0 radical (unpaired) electrons. The number of likely N-dealkylation sites (N-methyl/N-ethyl adjacent to an activating group) is 1. The van der Waals surface area contributed by atoms with Crippen molar-refractivity contribution in [3.63, 3.8) is 0 Å². The van der Waals surface area contributed by atoms with Crippen molar-refractivity contribution in [3.8, 4) is 0 Å². The number of pyridine rings is 1. The molecule has 0 aliphatic rings. The van der Waals surface area contributed by atoms with E-state index in [-0.39, 0.29) is 5.91 Å². The Morgan fingerprint density at radius 2 is 2.00 bits per heavy atom. The van der Waals surface area contributed by atoms with E-state index in [4.69, 9.17) is 0 Å². The molecule has 0 saturated heterocycles. The van der Waals surface area contributed by atoms with Crippen LogP contribution >= 0.6 is 0 Å². The summed E-state index contributed by atoms with van der Waals surface area (Å²) in [6.07, 6.45) is 4.40. The number of aromatic amines is 1. The van der Waals surface area contributed by atoms with Gasteiger partial charge in [0.15, 0.2) is 0 Å². The highest BCUT2D eigenvalue weighted by Crippen LogP contribution is 2.17. The van der Waals surface area contributed by atoms with Crippen LogP contribution in [-0.2, 0) is 6.42 Å². The van der Waals surface area contributed by atoms with Gasteiger partial charge in [-0.25, -0.2) is 4.98 Å². The predicted octanol–water partition coefficient (Wildman–Crippen LogP) is 2.51. The summed E-state index contributed by atoms with van der Waals surface area (Å²) in [7, 11) is 4.05. The second-order valence-electron chi connectivity index (χ2n) is 6.53. The van der Waals surface area contributed by atoms with Gasteiger partial charge >= 0.3 is 0 Å². The number of anilines is 1. The van der Waals surface area contributed by atoms with Crippen LogP contribution in [0.5, 0.6) is 0 Å². The van der Waals surface area contributed by atoms with Gasteiger partial charge in [-0.05, 0) is 44.3 Å². The third-order valence-corrected chi connectivity index (χ3v) is 4.25. The molecule has 1 amide bonds. The molecule has 136 valence electrons. The minimum Gasteiger partial charge on any atom is -0.369 e. The van der Waals surface area contributed by atoms with E-state index in [9.17, 15) is 4.79 Å². The van der Waals surface area contributed by atoms with Crippen LogP contribution in [0.1, 0.15) is 15.9 Å². The lowest BCUT2D eigenvalue weighted by Gasteiger charge is -2.11. The van der Waals surface area contributed by atoms with E-state index < -0.39 is 0 Å². The van der Waals surface area contributed by atoms with Gasteiger partial charge in [0.25, 0.3) is 5.91 Å². The normalized spacial score (nSPS) is 11.0. The summed E-state index contributed by atoms with van der Waals surface area (Å²) in [6, 6.07) is 11.8. The van der Waals surface area contributed by atoms with Gasteiger partial charge < -0.3 is 20.5 Å². The number of para-hydroxylation sites is 1. The molecule has 0 fully saturated rings. The number of nitrogens with one attached hydrogen (secondary N) is 3. The summed E-state index contributed by atoms with van der Waals surface area (Å²) in [4.78, 5) is 21.9. The zero-order valence-corrected chi connectivity index (χ0v) is 15.2. The maximum Gasteiger partial charge on any atom is 0.252 e. The minimum absolute atomic E-state index is 0.0998. The van der Waals surface area contributed by atoms with Crippen molar-refractivity contribution in [1.82, 2.24) is 20.2 Å². The largest absolute Gasteiger partial charge is 0.369 e. The predicted molar refractivity (Wildman–Crippen MR) is 106 cm³/mol. The number of aromatic nitrogens is 2. The Labute approximate surface area is 153 Å². The van der Waals surface area contributed by atoms with E-state index in [0.29, 0.717) is 12.1 Å². The van der Waals surface area contributed by atoms with Crippen LogP contribution in [0.15, 0.2) is 48.8 Å². The van der Waals surface area contributed by atoms with E-state index in [2.05, 4.69) is 37.6 Å². The fourth-order valence-electron chi connectivity index (χ4n) is 2.79. The van der Waals surface area contributed by atoms with Gasteiger partial charge in [0.05, 0.1) is 5.56 Å². The number of nitrogens with zero attached hydrogens (tertiary/aromatic N) is 2. The Balaban J connectivity index is 1.48. The van der Waals surface area contributed by atoms with Crippen LogP contribution in [0.25, 0.3) is 10.9 Å². The van der Waals surface area contributed by atoms with E-state index >= 15 is 0 Å². The van der Waals surface area contributed by atoms with E-state index in [1.54, 1.807) is 12.3 Å². The second-order valence-corrected chi connectivity index (χ2v) is 6.53. The molecule has 2 heterocycles. The monoisotopic (exact) mass is 351 g/mol. The van der Waals surface area contributed by atoms with Crippen LogP contribution in [0, 0.1) is 0 Å². The number of fused-ring (bicyclic) bond motifs is 1. The molecule has 2 aromatic heterocycles. The molecule has 3 aromatic rings. The number of carbonyl (C=O) groups is 1. The van der Waals surface area contributed by atoms with Crippen LogP contribution < -0.4 is 10.6 Å². The molecule has 0 saturated carbocycles. The summed E-state index contributed by atoms with van der Waals surface area (Å²) in [5.41, 5.74) is 2.90. The zero-order chi connectivity index (χ0) is 18.4.